The van der Waals surface area contributed by atoms with E-state index in [4.69, 9.17) is 4.74 Å². The van der Waals surface area contributed by atoms with Crippen LogP contribution in [-0.2, 0) is 16.0 Å². The van der Waals surface area contributed by atoms with Gasteiger partial charge in [-0.3, -0.25) is 10.1 Å². The molecule has 7 nitrogen and oxygen atoms in total. The maximum absolute atomic E-state index is 12.7. The molecule has 26 heavy (non-hydrogen) atoms. The number of hydrogen-bond donors (Lipinski definition) is 1. The van der Waals surface area contributed by atoms with Gasteiger partial charge in [0.05, 0.1) is 0 Å². The van der Waals surface area contributed by atoms with Gasteiger partial charge < -0.3 is 14.5 Å². The van der Waals surface area contributed by atoms with Crippen LogP contribution in [0.1, 0.15) is 31.7 Å². The van der Waals surface area contributed by atoms with E-state index >= 15 is 0 Å². The van der Waals surface area contributed by atoms with Crippen LogP contribution < -0.4 is 5.32 Å². The number of carbonyl (C=O) groups is 2. The smallest absolute Gasteiger partial charge is 0.323 e. The van der Waals surface area contributed by atoms with Crippen molar-refractivity contribution >= 4 is 17.8 Å². The molecule has 1 aromatic heterocycles. The Hall–Kier alpha value is -2.15. The van der Waals surface area contributed by atoms with Crippen LogP contribution in [0.15, 0.2) is 18.3 Å². The quantitative estimate of drug-likeness (QED) is 0.896. The molecule has 0 bridgehead atoms. The molecule has 0 atom stereocenters. The van der Waals surface area contributed by atoms with Gasteiger partial charge in [0, 0.05) is 51.5 Å². The maximum Gasteiger partial charge on any atom is 0.323 e. The van der Waals surface area contributed by atoms with Crippen molar-refractivity contribution in [2.24, 2.45) is 5.92 Å². The zero-order valence-electron chi connectivity index (χ0n) is 15.4. The molecule has 1 aromatic rings. The monoisotopic (exact) mass is 360 g/mol. The standard InChI is InChI=1S/C19H28N4O3/c1-2-15-4-7-20-17(14-15)21-19(25)23-9-3-8-22(10-11-23)18(24)16-5-12-26-13-6-16/h4,7,14,16H,2-3,5-6,8-13H2,1H3,(H,20,21,25). The Morgan fingerprint density at radius 2 is 1.92 bits per heavy atom. The van der Waals surface area contributed by atoms with Crippen molar-refractivity contribution in [1.29, 1.82) is 0 Å². The number of amides is 3. The molecule has 3 heterocycles. The van der Waals surface area contributed by atoms with E-state index in [9.17, 15) is 9.59 Å². The normalized spacial score (nSPS) is 19.1. The van der Waals surface area contributed by atoms with E-state index in [0.717, 1.165) is 31.2 Å². The lowest BCUT2D eigenvalue weighted by Gasteiger charge is -2.28. The van der Waals surface area contributed by atoms with Gasteiger partial charge in [0.2, 0.25) is 5.91 Å². The number of anilines is 1. The topological polar surface area (TPSA) is 74.8 Å². The van der Waals surface area contributed by atoms with Crippen LogP contribution in [0.2, 0.25) is 0 Å². The third kappa shape index (κ3) is 4.72. The summed E-state index contributed by atoms with van der Waals surface area (Å²) in [7, 11) is 0. The fourth-order valence-corrected chi connectivity index (χ4v) is 3.49. The molecule has 0 unspecified atom stereocenters. The summed E-state index contributed by atoms with van der Waals surface area (Å²) in [6.07, 6.45) is 5.02. The van der Waals surface area contributed by atoms with E-state index in [-0.39, 0.29) is 17.9 Å². The average Bonchev–Trinajstić information content (AvgIpc) is 2.94. The zero-order valence-corrected chi connectivity index (χ0v) is 15.4. The second-order valence-corrected chi connectivity index (χ2v) is 6.89. The molecule has 0 spiro atoms. The van der Waals surface area contributed by atoms with Gasteiger partial charge in [-0.2, -0.15) is 0 Å². The van der Waals surface area contributed by atoms with Crippen LogP contribution >= 0.6 is 0 Å². The van der Waals surface area contributed by atoms with Crippen molar-refractivity contribution in [3.8, 4) is 0 Å². The minimum atomic E-state index is -0.147. The summed E-state index contributed by atoms with van der Waals surface area (Å²) in [6, 6.07) is 3.70. The Balaban J connectivity index is 1.54. The van der Waals surface area contributed by atoms with E-state index in [0.29, 0.717) is 45.2 Å². The molecule has 7 heteroatoms. The largest absolute Gasteiger partial charge is 0.381 e. The predicted molar refractivity (Wildman–Crippen MR) is 98.9 cm³/mol. The van der Waals surface area contributed by atoms with E-state index < -0.39 is 0 Å². The second-order valence-electron chi connectivity index (χ2n) is 6.89. The molecule has 0 radical (unpaired) electrons. The van der Waals surface area contributed by atoms with E-state index in [2.05, 4.69) is 17.2 Å². The highest BCUT2D eigenvalue weighted by molar-refractivity contribution is 5.88. The summed E-state index contributed by atoms with van der Waals surface area (Å²) in [6.45, 7) is 5.91. The number of urea groups is 1. The van der Waals surface area contributed by atoms with Crippen molar-refractivity contribution in [1.82, 2.24) is 14.8 Å². The Bertz CT molecular complexity index is 631. The van der Waals surface area contributed by atoms with Gasteiger partial charge in [0.25, 0.3) is 0 Å². The van der Waals surface area contributed by atoms with Crippen LogP contribution in [-0.4, -0.2) is 66.1 Å². The molecule has 2 aliphatic rings. The number of ether oxygens (including phenoxy) is 1. The SMILES string of the molecule is CCc1ccnc(NC(=O)N2CCCN(C(=O)C3CCOCC3)CC2)c1. The minimum absolute atomic E-state index is 0.0742. The second kappa shape index (κ2) is 8.98. The fourth-order valence-electron chi connectivity index (χ4n) is 3.49. The number of carbonyl (C=O) groups excluding carboxylic acids is 2. The highest BCUT2D eigenvalue weighted by Gasteiger charge is 2.28. The lowest BCUT2D eigenvalue weighted by atomic mass is 9.98. The van der Waals surface area contributed by atoms with E-state index in [1.54, 1.807) is 11.1 Å². The molecule has 0 saturated carbocycles. The number of rotatable bonds is 3. The Morgan fingerprint density at radius 3 is 2.69 bits per heavy atom. The summed E-state index contributed by atoms with van der Waals surface area (Å²) in [5.74, 6) is 0.867. The lowest BCUT2D eigenvalue weighted by Crippen LogP contribution is -2.42. The summed E-state index contributed by atoms with van der Waals surface area (Å²) in [5, 5.41) is 2.88. The molecule has 2 saturated heterocycles. The Kier molecular flexibility index (Phi) is 6.44. The molecule has 0 aliphatic carbocycles. The van der Waals surface area contributed by atoms with Crippen LogP contribution in [0, 0.1) is 5.92 Å². The fraction of sp³-hybridized carbons (Fsp3) is 0.632. The number of nitrogens with one attached hydrogen (secondary N) is 1. The molecule has 0 aromatic carbocycles. The number of aryl methyl sites for hydroxylation is 1. The summed E-state index contributed by atoms with van der Waals surface area (Å²) < 4.78 is 5.35. The van der Waals surface area contributed by atoms with Gasteiger partial charge in [-0.05, 0) is 43.4 Å². The summed E-state index contributed by atoms with van der Waals surface area (Å²) in [4.78, 5) is 33.1. The number of pyridine rings is 1. The third-order valence-electron chi connectivity index (χ3n) is 5.13. The average molecular weight is 360 g/mol. The van der Waals surface area contributed by atoms with Gasteiger partial charge in [0.15, 0.2) is 0 Å². The van der Waals surface area contributed by atoms with Crippen LogP contribution in [0.5, 0.6) is 0 Å². The zero-order chi connectivity index (χ0) is 18.4. The lowest BCUT2D eigenvalue weighted by molar-refractivity contribution is -0.138. The van der Waals surface area contributed by atoms with Crippen molar-refractivity contribution in [3.63, 3.8) is 0 Å². The van der Waals surface area contributed by atoms with Crippen molar-refractivity contribution in [2.75, 3.05) is 44.7 Å². The third-order valence-corrected chi connectivity index (χ3v) is 5.13. The van der Waals surface area contributed by atoms with Crippen LogP contribution in [0.25, 0.3) is 0 Å². The molecule has 2 fully saturated rings. The molecule has 142 valence electrons. The van der Waals surface area contributed by atoms with Gasteiger partial charge in [0.1, 0.15) is 5.82 Å². The Labute approximate surface area is 154 Å². The van der Waals surface area contributed by atoms with E-state index in [1.807, 2.05) is 17.0 Å². The maximum atomic E-state index is 12.7. The number of aromatic nitrogens is 1. The molecular weight excluding hydrogens is 332 g/mol. The first kappa shape index (κ1) is 18.6. The molecule has 1 N–H and O–H groups in total. The number of hydrogen-bond acceptors (Lipinski definition) is 4. The summed E-state index contributed by atoms with van der Waals surface area (Å²) in [5.41, 5.74) is 1.14. The predicted octanol–water partition coefficient (Wildman–Crippen LogP) is 2.14. The highest BCUT2D eigenvalue weighted by Crippen LogP contribution is 2.19. The van der Waals surface area contributed by atoms with Gasteiger partial charge >= 0.3 is 6.03 Å². The van der Waals surface area contributed by atoms with Crippen molar-refractivity contribution < 1.29 is 14.3 Å². The molecular formula is C19H28N4O3. The van der Waals surface area contributed by atoms with Crippen molar-refractivity contribution in [2.45, 2.75) is 32.6 Å². The van der Waals surface area contributed by atoms with Gasteiger partial charge in [-0.15, -0.1) is 0 Å². The first-order chi connectivity index (χ1) is 12.7. The van der Waals surface area contributed by atoms with E-state index in [1.165, 1.54) is 0 Å². The van der Waals surface area contributed by atoms with Gasteiger partial charge in [-0.1, -0.05) is 6.92 Å². The summed E-state index contributed by atoms with van der Waals surface area (Å²) >= 11 is 0. The van der Waals surface area contributed by atoms with Gasteiger partial charge in [-0.25, -0.2) is 9.78 Å². The molecule has 3 rings (SSSR count). The van der Waals surface area contributed by atoms with Crippen LogP contribution in [0.3, 0.4) is 0 Å². The van der Waals surface area contributed by atoms with Crippen LogP contribution in [0.4, 0.5) is 10.6 Å². The van der Waals surface area contributed by atoms with Crippen molar-refractivity contribution in [3.05, 3.63) is 23.9 Å². The highest BCUT2D eigenvalue weighted by atomic mass is 16.5. The molecule has 2 aliphatic heterocycles. The number of nitrogens with zero attached hydrogens (tertiary/aromatic N) is 3. The first-order valence-corrected chi connectivity index (χ1v) is 9.54. The molecule has 3 amide bonds. The first-order valence-electron chi connectivity index (χ1n) is 9.54. The Morgan fingerprint density at radius 1 is 1.19 bits per heavy atom. The minimum Gasteiger partial charge on any atom is -0.381 e.